The summed E-state index contributed by atoms with van der Waals surface area (Å²) in [6, 6.07) is 11.1. The van der Waals surface area contributed by atoms with E-state index in [1.807, 2.05) is 20.2 Å². The van der Waals surface area contributed by atoms with E-state index in [1.54, 1.807) is 23.1 Å². The van der Waals surface area contributed by atoms with Crippen molar-refractivity contribution in [3.05, 3.63) is 54.1 Å². The van der Waals surface area contributed by atoms with Gasteiger partial charge in [0.05, 0.1) is 4.70 Å². The number of benzene rings is 2. The molecule has 1 aromatic heterocycles. The average molecular weight is 436 g/mol. The van der Waals surface area contributed by atoms with Gasteiger partial charge < -0.3 is 4.90 Å². The fourth-order valence-corrected chi connectivity index (χ4v) is 4.68. The summed E-state index contributed by atoms with van der Waals surface area (Å²) in [5, 5.41) is 0.528. The molecule has 4 nitrogen and oxygen atoms in total. The smallest absolute Gasteiger partial charge is 0.229 e. The van der Waals surface area contributed by atoms with Crippen molar-refractivity contribution in [2.45, 2.75) is 17.7 Å². The van der Waals surface area contributed by atoms with E-state index in [0.29, 0.717) is 29.4 Å². The second-order valence-electron chi connectivity index (χ2n) is 6.84. The predicted molar refractivity (Wildman–Crippen MR) is 117 cm³/mol. The highest BCUT2D eigenvalue weighted by Gasteiger charge is 2.20. The van der Waals surface area contributed by atoms with E-state index < -0.39 is 0 Å². The molecule has 8 heteroatoms. The van der Waals surface area contributed by atoms with Crippen LogP contribution in [0.2, 0.25) is 0 Å². The third kappa shape index (κ3) is 5.98. The second-order valence-corrected chi connectivity index (χ2v) is 9.02. The van der Waals surface area contributed by atoms with Crippen LogP contribution in [0.25, 0.3) is 10.2 Å². The van der Waals surface area contributed by atoms with Crippen molar-refractivity contribution in [3.63, 3.8) is 0 Å². The first-order chi connectivity index (χ1) is 13.9. The van der Waals surface area contributed by atoms with Gasteiger partial charge in [0.25, 0.3) is 0 Å². The third-order valence-corrected chi connectivity index (χ3v) is 6.33. The van der Waals surface area contributed by atoms with Crippen molar-refractivity contribution < 1.29 is 13.6 Å². The molecule has 0 aliphatic heterocycles. The highest BCUT2D eigenvalue weighted by molar-refractivity contribution is 7.99. The number of hydrogen-bond donors (Lipinski definition) is 0. The van der Waals surface area contributed by atoms with Crippen molar-refractivity contribution in [2.75, 3.05) is 37.8 Å². The Kier molecular flexibility index (Phi) is 7.57. The molecule has 0 atom stereocenters. The van der Waals surface area contributed by atoms with Gasteiger partial charge in [0.1, 0.15) is 17.2 Å². The fraction of sp³-hybridized carbons (Fsp3) is 0.333. The van der Waals surface area contributed by atoms with Crippen LogP contribution in [0, 0.1) is 11.6 Å². The quantitative estimate of drug-likeness (QED) is 0.441. The average Bonchev–Trinajstić information content (AvgIpc) is 3.12. The number of aromatic nitrogens is 1. The molecular weight excluding hydrogens is 412 g/mol. The van der Waals surface area contributed by atoms with Crippen molar-refractivity contribution in [3.8, 4) is 0 Å². The molecule has 0 saturated heterocycles. The summed E-state index contributed by atoms with van der Waals surface area (Å²) in [5.41, 5.74) is 0.304. The van der Waals surface area contributed by atoms with Gasteiger partial charge in [-0.25, -0.2) is 13.8 Å². The first-order valence-electron chi connectivity index (χ1n) is 9.32. The minimum atomic E-state index is -0.377. The van der Waals surface area contributed by atoms with Gasteiger partial charge in [-0.2, -0.15) is 0 Å². The lowest BCUT2D eigenvalue weighted by molar-refractivity contribution is -0.118. The maximum atomic E-state index is 14.0. The molecule has 0 aliphatic carbocycles. The van der Waals surface area contributed by atoms with Crippen LogP contribution in [0.3, 0.4) is 0 Å². The number of nitrogens with zero attached hydrogens (tertiary/aromatic N) is 3. The number of hydrogen-bond acceptors (Lipinski definition) is 5. The fourth-order valence-electron chi connectivity index (χ4n) is 2.81. The maximum Gasteiger partial charge on any atom is 0.229 e. The van der Waals surface area contributed by atoms with Gasteiger partial charge in [-0.1, -0.05) is 17.4 Å². The second kappa shape index (κ2) is 10.1. The molecule has 0 fully saturated rings. The van der Waals surface area contributed by atoms with E-state index in [2.05, 4.69) is 9.88 Å². The van der Waals surface area contributed by atoms with Crippen LogP contribution >= 0.6 is 23.1 Å². The van der Waals surface area contributed by atoms with Crippen LogP contribution in [-0.4, -0.2) is 48.7 Å². The zero-order valence-electron chi connectivity index (χ0n) is 16.4. The van der Waals surface area contributed by atoms with Gasteiger partial charge in [-0.15, -0.1) is 11.8 Å². The molecule has 2 aromatic carbocycles. The van der Waals surface area contributed by atoms with E-state index in [9.17, 15) is 13.6 Å². The number of anilines is 1. The molecular formula is C21H23F2N3OS2. The molecule has 0 bridgehead atoms. The van der Waals surface area contributed by atoms with Crippen molar-refractivity contribution in [1.29, 1.82) is 0 Å². The Hall–Kier alpha value is -2.03. The Morgan fingerprint density at radius 3 is 2.55 bits per heavy atom. The van der Waals surface area contributed by atoms with Gasteiger partial charge in [-0.05, 0) is 63.5 Å². The van der Waals surface area contributed by atoms with Crippen LogP contribution in [0.5, 0.6) is 0 Å². The standard InChI is InChI=1S/C21H23F2N3OS2/c1-25(2)12-4-13-26(21-24-20-17(23)5-3-6-18(20)29-21)19(27)11-14-28-16-9-7-15(22)8-10-16/h3,5-10H,4,11-14H2,1-2H3. The molecule has 29 heavy (non-hydrogen) atoms. The van der Waals surface area contributed by atoms with E-state index >= 15 is 0 Å². The minimum absolute atomic E-state index is 0.0437. The molecule has 0 unspecified atom stereocenters. The van der Waals surface area contributed by atoms with Crippen molar-refractivity contribution in [1.82, 2.24) is 9.88 Å². The molecule has 3 rings (SSSR count). The number of para-hydroxylation sites is 1. The molecule has 1 heterocycles. The summed E-state index contributed by atoms with van der Waals surface area (Å²) in [6.07, 6.45) is 1.12. The van der Waals surface area contributed by atoms with E-state index in [1.165, 1.54) is 41.3 Å². The van der Waals surface area contributed by atoms with Gasteiger partial charge in [0.2, 0.25) is 5.91 Å². The van der Waals surface area contributed by atoms with E-state index in [4.69, 9.17) is 0 Å². The summed E-state index contributed by atoms with van der Waals surface area (Å²) < 4.78 is 27.8. The number of halogens is 2. The zero-order valence-corrected chi connectivity index (χ0v) is 18.0. The molecule has 154 valence electrons. The van der Waals surface area contributed by atoms with Gasteiger partial charge in [-0.3, -0.25) is 9.69 Å². The van der Waals surface area contributed by atoms with Gasteiger partial charge in [0.15, 0.2) is 5.13 Å². The third-order valence-electron chi connectivity index (χ3n) is 4.28. The molecule has 1 amide bonds. The predicted octanol–water partition coefficient (Wildman–Crippen LogP) is 5.04. The maximum absolute atomic E-state index is 14.0. The summed E-state index contributed by atoms with van der Waals surface area (Å²) in [5.74, 6) is -0.121. The molecule has 0 spiro atoms. The summed E-state index contributed by atoms with van der Waals surface area (Å²) in [7, 11) is 3.97. The highest BCUT2D eigenvalue weighted by atomic mass is 32.2. The summed E-state index contributed by atoms with van der Waals surface area (Å²) >= 11 is 2.84. The minimum Gasteiger partial charge on any atom is -0.309 e. The molecule has 0 radical (unpaired) electrons. The van der Waals surface area contributed by atoms with Crippen LogP contribution in [0.1, 0.15) is 12.8 Å². The molecule has 0 aliphatic rings. The van der Waals surface area contributed by atoms with E-state index in [-0.39, 0.29) is 17.5 Å². The number of amides is 1. The Morgan fingerprint density at radius 2 is 1.86 bits per heavy atom. The number of carbonyl (C=O) groups is 1. The highest BCUT2D eigenvalue weighted by Crippen LogP contribution is 2.31. The Labute approximate surface area is 177 Å². The number of thiazole rings is 1. The van der Waals surface area contributed by atoms with Crippen molar-refractivity contribution in [2.24, 2.45) is 0 Å². The van der Waals surface area contributed by atoms with Crippen molar-refractivity contribution >= 4 is 44.4 Å². The molecule has 0 saturated carbocycles. The largest absolute Gasteiger partial charge is 0.309 e. The van der Waals surface area contributed by atoms with Crippen LogP contribution < -0.4 is 4.90 Å². The Morgan fingerprint density at radius 1 is 1.10 bits per heavy atom. The van der Waals surface area contributed by atoms with Crippen LogP contribution in [0.15, 0.2) is 47.4 Å². The van der Waals surface area contributed by atoms with E-state index in [0.717, 1.165) is 22.6 Å². The summed E-state index contributed by atoms with van der Waals surface area (Å²) in [4.78, 5) is 22.0. The number of carbonyl (C=O) groups excluding carboxylic acids is 1. The van der Waals surface area contributed by atoms with Crippen LogP contribution in [0.4, 0.5) is 13.9 Å². The lowest BCUT2D eigenvalue weighted by atomic mass is 10.3. The van der Waals surface area contributed by atoms with Crippen LogP contribution in [-0.2, 0) is 4.79 Å². The lowest BCUT2D eigenvalue weighted by Gasteiger charge is -2.21. The topological polar surface area (TPSA) is 36.4 Å². The summed E-state index contributed by atoms with van der Waals surface area (Å²) in [6.45, 7) is 1.37. The molecule has 0 N–H and O–H groups in total. The van der Waals surface area contributed by atoms with Gasteiger partial charge in [0, 0.05) is 23.6 Å². The SMILES string of the molecule is CN(C)CCCN(C(=O)CCSc1ccc(F)cc1)c1nc2c(F)cccc2s1. The number of thioether (sulfide) groups is 1. The Balaban J connectivity index is 1.70. The monoisotopic (exact) mass is 435 g/mol. The Bertz CT molecular complexity index is 960. The molecule has 3 aromatic rings. The number of rotatable bonds is 9. The zero-order chi connectivity index (χ0) is 20.8. The normalized spacial score (nSPS) is 11.3. The first kappa shape index (κ1) is 21.7. The number of fused-ring (bicyclic) bond motifs is 1. The first-order valence-corrected chi connectivity index (χ1v) is 11.1. The van der Waals surface area contributed by atoms with Gasteiger partial charge >= 0.3 is 0 Å². The lowest BCUT2D eigenvalue weighted by Crippen LogP contribution is -2.33.